The van der Waals surface area contributed by atoms with E-state index < -0.39 is 0 Å². The number of nitrogens with zero attached hydrogens (tertiary/aromatic N) is 2. The molecule has 0 aliphatic heterocycles. The summed E-state index contributed by atoms with van der Waals surface area (Å²) >= 11 is 7.18. The highest BCUT2D eigenvalue weighted by Gasteiger charge is 2.25. The van der Waals surface area contributed by atoms with E-state index in [0.29, 0.717) is 10.7 Å². The predicted octanol–water partition coefficient (Wildman–Crippen LogP) is 4.84. The fourth-order valence-corrected chi connectivity index (χ4v) is 5.31. The van der Waals surface area contributed by atoms with E-state index in [-0.39, 0.29) is 5.97 Å². The van der Waals surface area contributed by atoms with Crippen LogP contribution in [0, 0.1) is 13.8 Å². The highest BCUT2D eigenvalue weighted by Crippen LogP contribution is 2.37. The molecule has 2 aromatic rings. The van der Waals surface area contributed by atoms with Crippen molar-refractivity contribution in [3.05, 3.63) is 27.4 Å². The van der Waals surface area contributed by atoms with E-state index in [1.807, 2.05) is 18.5 Å². The van der Waals surface area contributed by atoms with Crippen LogP contribution in [0.5, 0.6) is 0 Å². The number of esters is 1. The molecule has 3 rings (SSSR count). The van der Waals surface area contributed by atoms with Gasteiger partial charge in [-0.25, -0.2) is 4.79 Å². The lowest BCUT2D eigenvalue weighted by molar-refractivity contribution is 0.0601. The van der Waals surface area contributed by atoms with Crippen LogP contribution in [0.3, 0.4) is 0 Å². The standard InChI is InChI=1S/C20H28N4O2S2/c1-5-24-13(3)17(12(2)23-24)21-20(27)22-18-16(19(25)26-4)14-10-8-6-7-9-11-15(14)28-18/h5-11H2,1-4H3,(H2,21,22,27). The summed E-state index contributed by atoms with van der Waals surface area (Å²) in [4.78, 5) is 13.8. The summed E-state index contributed by atoms with van der Waals surface area (Å²) in [6.45, 7) is 6.84. The zero-order chi connectivity index (χ0) is 20.3. The lowest BCUT2D eigenvalue weighted by atomic mass is 9.96. The van der Waals surface area contributed by atoms with Crippen LogP contribution in [0.2, 0.25) is 0 Å². The van der Waals surface area contributed by atoms with Gasteiger partial charge in [0.2, 0.25) is 0 Å². The summed E-state index contributed by atoms with van der Waals surface area (Å²) in [5.41, 5.74) is 4.62. The van der Waals surface area contributed by atoms with Crippen molar-refractivity contribution in [1.82, 2.24) is 9.78 Å². The van der Waals surface area contributed by atoms with Crippen LogP contribution in [0.1, 0.15) is 64.8 Å². The average Bonchev–Trinajstić information content (AvgIpc) is 3.12. The molecule has 6 nitrogen and oxygen atoms in total. The Kier molecular flexibility index (Phi) is 6.72. The maximum Gasteiger partial charge on any atom is 0.341 e. The van der Waals surface area contributed by atoms with Gasteiger partial charge in [-0.15, -0.1) is 11.3 Å². The average molecular weight is 421 g/mol. The first-order chi connectivity index (χ1) is 13.5. The Morgan fingerprint density at radius 1 is 1.21 bits per heavy atom. The first kappa shape index (κ1) is 20.8. The Labute approximate surface area is 175 Å². The SMILES string of the molecule is CCn1nc(C)c(NC(=S)Nc2sc3c(c2C(=O)OC)CCCCCC3)c1C. The van der Waals surface area contributed by atoms with E-state index in [0.717, 1.165) is 59.9 Å². The monoisotopic (exact) mass is 420 g/mol. The fourth-order valence-electron chi connectivity index (χ4n) is 3.76. The number of nitrogens with one attached hydrogen (secondary N) is 2. The van der Waals surface area contributed by atoms with E-state index in [4.69, 9.17) is 17.0 Å². The molecule has 8 heteroatoms. The Morgan fingerprint density at radius 3 is 2.57 bits per heavy atom. The largest absolute Gasteiger partial charge is 0.465 e. The van der Waals surface area contributed by atoms with E-state index in [1.165, 1.54) is 24.8 Å². The molecule has 1 aliphatic rings. The Morgan fingerprint density at radius 2 is 1.93 bits per heavy atom. The maximum atomic E-state index is 12.5. The molecule has 0 unspecified atom stereocenters. The third-order valence-corrected chi connectivity index (χ3v) is 6.62. The molecule has 0 saturated heterocycles. The van der Waals surface area contributed by atoms with Gasteiger partial charge in [0.05, 0.1) is 29.7 Å². The molecule has 2 N–H and O–H groups in total. The van der Waals surface area contributed by atoms with Crippen LogP contribution >= 0.6 is 23.6 Å². The van der Waals surface area contributed by atoms with Crippen LogP contribution in [0.25, 0.3) is 0 Å². The molecule has 0 radical (unpaired) electrons. The Hall–Kier alpha value is -1.93. The second-order valence-corrected chi connectivity index (χ2v) is 8.57. The minimum absolute atomic E-state index is 0.297. The molecule has 0 amide bonds. The van der Waals surface area contributed by atoms with E-state index in [2.05, 4.69) is 22.7 Å². The molecule has 152 valence electrons. The number of aryl methyl sites for hydroxylation is 3. The second kappa shape index (κ2) is 9.05. The molecule has 0 saturated carbocycles. The summed E-state index contributed by atoms with van der Waals surface area (Å²) in [5, 5.41) is 12.3. The molecule has 0 fully saturated rings. The van der Waals surface area contributed by atoms with Crippen molar-refractivity contribution in [3.63, 3.8) is 0 Å². The van der Waals surface area contributed by atoms with Gasteiger partial charge >= 0.3 is 5.97 Å². The number of methoxy groups -OCH3 is 1. The normalized spacial score (nSPS) is 14.0. The first-order valence-corrected chi connectivity index (χ1v) is 11.0. The van der Waals surface area contributed by atoms with Crippen molar-refractivity contribution in [2.24, 2.45) is 0 Å². The number of rotatable bonds is 4. The van der Waals surface area contributed by atoms with Crippen LogP contribution < -0.4 is 10.6 Å². The third kappa shape index (κ3) is 4.22. The zero-order valence-corrected chi connectivity index (χ0v) is 18.6. The molecular formula is C20H28N4O2S2. The molecule has 2 aromatic heterocycles. The van der Waals surface area contributed by atoms with Crippen molar-refractivity contribution in [2.75, 3.05) is 17.7 Å². The van der Waals surface area contributed by atoms with Gasteiger partial charge in [-0.05, 0) is 64.2 Å². The van der Waals surface area contributed by atoms with Crippen molar-refractivity contribution in [3.8, 4) is 0 Å². The number of hydrogen-bond acceptors (Lipinski definition) is 5. The number of carbonyl (C=O) groups excluding carboxylic acids is 1. The van der Waals surface area contributed by atoms with E-state index in [1.54, 1.807) is 11.3 Å². The van der Waals surface area contributed by atoms with Crippen LogP contribution in [0.4, 0.5) is 10.7 Å². The molecule has 0 atom stereocenters. The van der Waals surface area contributed by atoms with Gasteiger partial charge in [0, 0.05) is 11.4 Å². The number of aromatic nitrogens is 2. The lowest BCUT2D eigenvalue weighted by Crippen LogP contribution is -2.21. The number of anilines is 2. The highest BCUT2D eigenvalue weighted by molar-refractivity contribution is 7.80. The molecule has 0 spiro atoms. The van der Waals surface area contributed by atoms with Crippen molar-refractivity contribution < 1.29 is 9.53 Å². The van der Waals surface area contributed by atoms with E-state index >= 15 is 0 Å². The van der Waals surface area contributed by atoms with Gasteiger partial charge in [-0.1, -0.05) is 12.8 Å². The summed E-state index contributed by atoms with van der Waals surface area (Å²) in [6, 6.07) is 0. The number of fused-ring (bicyclic) bond motifs is 1. The first-order valence-electron chi connectivity index (χ1n) is 9.81. The minimum atomic E-state index is -0.297. The third-order valence-electron chi connectivity index (χ3n) is 5.21. The van der Waals surface area contributed by atoms with Crippen molar-refractivity contribution in [1.29, 1.82) is 0 Å². The molecule has 0 bridgehead atoms. The molecule has 2 heterocycles. The lowest BCUT2D eigenvalue weighted by Gasteiger charge is -2.12. The highest BCUT2D eigenvalue weighted by atomic mass is 32.1. The maximum absolute atomic E-state index is 12.5. The minimum Gasteiger partial charge on any atom is -0.465 e. The molecule has 1 aliphatic carbocycles. The van der Waals surface area contributed by atoms with Crippen molar-refractivity contribution in [2.45, 2.75) is 65.8 Å². The summed E-state index contributed by atoms with van der Waals surface area (Å²) in [5.74, 6) is -0.297. The topological polar surface area (TPSA) is 68.2 Å². The number of hydrogen-bond donors (Lipinski definition) is 2. The van der Waals surface area contributed by atoms with Crippen LogP contribution in [-0.2, 0) is 24.1 Å². The van der Waals surface area contributed by atoms with Crippen LogP contribution in [-0.4, -0.2) is 28.0 Å². The second-order valence-electron chi connectivity index (χ2n) is 7.05. The van der Waals surface area contributed by atoms with Crippen LogP contribution in [0.15, 0.2) is 0 Å². The Bertz CT molecular complexity index is 885. The van der Waals surface area contributed by atoms with Gasteiger partial charge in [-0.3, -0.25) is 4.68 Å². The van der Waals surface area contributed by atoms with Gasteiger partial charge in [0.1, 0.15) is 5.00 Å². The summed E-state index contributed by atoms with van der Waals surface area (Å²) < 4.78 is 7.02. The number of carbonyl (C=O) groups is 1. The summed E-state index contributed by atoms with van der Waals surface area (Å²) in [6.07, 6.45) is 6.63. The van der Waals surface area contributed by atoms with E-state index in [9.17, 15) is 4.79 Å². The summed E-state index contributed by atoms with van der Waals surface area (Å²) in [7, 11) is 1.43. The zero-order valence-electron chi connectivity index (χ0n) is 17.0. The molecule has 0 aromatic carbocycles. The quantitative estimate of drug-likeness (QED) is 0.545. The number of ether oxygens (including phenoxy) is 1. The van der Waals surface area contributed by atoms with Gasteiger partial charge in [0.15, 0.2) is 5.11 Å². The molecular weight excluding hydrogens is 392 g/mol. The van der Waals surface area contributed by atoms with Gasteiger partial charge in [0.25, 0.3) is 0 Å². The smallest absolute Gasteiger partial charge is 0.341 e. The molecule has 28 heavy (non-hydrogen) atoms. The van der Waals surface area contributed by atoms with Gasteiger partial charge in [-0.2, -0.15) is 5.10 Å². The Balaban J connectivity index is 1.87. The fraction of sp³-hybridized carbons (Fsp3) is 0.550. The predicted molar refractivity (Wildman–Crippen MR) is 119 cm³/mol. The van der Waals surface area contributed by atoms with Gasteiger partial charge < -0.3 is 15.4 Å². The number of thiocarbonyl (C=S) groups is 1. The van der Waals surface area contributed by atoms with Crippen molar-refractivity contribution >= 4 is 45.3 Å². The number of thiophene rings is 1.